The third kappa shape index (κ3) is 4.48. The van der Waals surface area contributed by atoms with Crippen molar-refractivity contribution in [3.63, 3.8) is 0 Å². The van der Waals surface area contributed by atoms with Crippen LogP contribution < -0.4 is 5.32 Å². The van der Waals surface area contributed by atoms with Crippen molar-refractivity contribution in [3.8, 4) is 0 Å². The van der Waals surface area contributed by atoms with Crippen LogP contribution in [0.2, 0.25) is 5.02 Å². The van der Waals surface area contributed by atoms with Gasteiger partial charge in [0.25, 0.3) is 0 Å². The van der Waals surface area contributed by atoms with Crippen molar-refractivity contribution in [2.24, 2.45) is 0 Å². The Labute approximate surface area is 145 Å². The summed E-state index contributed by atoms with van der Waals surface area (Å²) in [4.78, 5) is 2.53. The summed E-state index contributed by atoms with van der Waals surface area (Å²) in [7, 11) is 0. The van der Waals surface area contributed by atoms with Gasteiger partial charge in [0.05, 0.1) is 0 Å². The summed E-state index contributed by atoms with van der Waals surface area (Å²) in [5.74, 6) is 0. The lowest BCUT2D eigenvalue weighted by molar-refractivity contribution is 0.211. The maximum Gasteiger partial charge on any atom is 0.0426 e. The average molecular weight is 380 g/mol. The van der Waals surface area contributed by atoms with Gasteiger partial charge in [0, 0.05) is 40.9 Å². The molecule has 2 aromatic rings. The zero-order chi connectivity index (χ0) is 15.4. The second kappa shape index (κ2) is 7.49. The van der Waals surface area contributed by atoms with Crippen LogP contribution in [0, 0.1) is 0 Å². The number of benzene rings is 2. The van der Waals surface area contributed by atoms with Crippen LogP contribution in [0.15, 0.2) is 53.0 Å². The summed E-state index contributed by atoms with van der Waals surface area (Å²) in [5, 5.41) is 4.39. The number of halogens is 2. The molecule has 0 amide bonds. The molecule has 1 N–H and O–H groups in total. The molecule has 0 unspecified atom stereocenters. The van der Waals surface area contributed by atoms with E-state index in [2.05, 4.69) is 56.5 Å². The first-order valence-electron chi connectivity index (χ1n) is 7.68. The molecule has 22 heavy (non-hydrogen) atoms. The highest BCUT2D eigenvalue weighted by Gasteiger charge is 2.19. The van der Waals surface area contributed by atoms with E-state index in [4.69, 9.17) is 11.6 Å². The molecule has 0 aliphatic carbocycles. The van der Waals surface area contributed by atoms with Crippen LogP contribution in [0.4, 0.5) is 5.69 Å². The van der Waals surface area contributed by atoms with E-state index >= 15 is 0 Å². The van der Waals surface area contributed by atoms with Gasteiger partial charge in [-0.25, -0.2) is 0 Å². The van der Waals surface area contributed by atoms with Gasteiger partial charge in [-0.3, -0.25) is 4.90 Å². The van der Waals surface area contributed by atoms with E-state index < -0.39 is 0 Å². The molecular formula is C18H20BrClN2. The highest BCUT2D eigenvalue weighted by atomic mass is 79.9. The van der Waals surface area contributed by atoms with Gasteiger partial charge >= 0.3 is 0 Å². The van der Waals surface area contributed by atoms with Crippen molar-refractivity contribution >= 4 is 33.2 Å². The van der Waals surface area contributed by atoms with Crippen LogP contribution in [-0.4, -0.2) is 24.0 Å². The Kier molecular flexibility index (Phi) is 5.40. The maximum absolute atomic E-state index is 6.04. The second-order valence-electron chi connectivity index (χ2n) is 5.83. The molecule has 3 rings (SSSR count). The molecule has 0 bridgehead atoms. The summed E-state index contributed by atoms with van der Waals surface area (Å²) >= 11 is 9.52. The Morgan fingerprint density at radius 1 is 1.09 bits per heavy atom. The van der Waals surface area contributed by atoms with E-state index in [1.54, 1.807) is 0 Å². The van der Waals surface area contributed by atoms with E-state index in [0.717, 1.165) is 34.8 Å². The standard InChI is InChI=1S/C18H20BrClN2/c19-15-6-4-14(5-7-15)13-22-10-8-17(9-11-22)21-18-3-1-2-16(20)12-18/h1-7,12,17,21H,8-11,13H2. The summed E-state index contributed by atoms with van der Waals surface area (Å²) in [5.41, 5.74) is 2.50. The SMILES string of the molecule is Clc1cccc(NC2CCN(Cc3ccc(Br)cc3)CC2)c1. The van der Waals surface area contributed by atoms with Crippen molar-refractivity contribution in [1.29, 1.82) is 0 Å². The van der Waals surface area contributed by atoms with Gasteiger partial charge in [-0.15, -0.1) is 0 Å². The molecule has 116 valence electrons. The first kappa shape index (κ1) is 15.9. The molecule has 0 atom stereocenters. The first-order valence-corrected chi connectivity index (χ1v) is 8.85. The third-order valence-corrected chi connectivity index (χ3v) is 4.87. The summed E-state index contributed by atoms with van der Waals surface area (Å²) < 4.78 is 1.14. The Hall–Kier alpha value is -1.03. The number of nitrogens with zero attached hydrogens (tertiary/aromatic N) is 1. The van der Waals surface area contributed by atoms with Gasteiger partial charge in [0.2, 0.25) is 0 Å². The van der Waals surface area contributed by atoms with Crippen molar-refractivity contribution in [2.45, 2.75) is 25.4 Å². The van der Waals surface area contributed by atoms with Crippen molar-refractivity contribution in [1.82, 2.24) is 4.90 Å². The van der Waals surface area contributed by atoms with Crippen molar-refractivity contribution in [3.05, 3.63) is 63.6 Å². The molecular weight excluding hydrogens is 360 g/mol. The summed E-state index contributed by atoms with van der Waals surface area (Å²) in [6.45, 7) is 3.31. The molecule has 2 aromatic carbocycles. The number of hydrogen-bond acceptors (Lipinski definition) is 2. The van der Waals surface area contributed by atoms with Crippen LogP contribution in [0.1, 0.15) is 18.4 Å². The molecule has 0 radical (unpaired) electrons. The molecule has 1 aliphatic rings. The molecule has 1 fully saturated rings. The fraction of sp³-hybridized carbons (Fsp3) is 0.333. The predicted molar refractivity (Wildman–Crippen MR) is 97.5 cm³/mol. The lowest BCUT2D eigenvalue weighted by Gasteiger charge is -2.33. The zero-order valence-electron chi connectivity index (χ0n) is 12.4. The number of hydrogen-bond donors (Lipinski definition) is 1. The Morgan fingerprint density at radius 2 is 1.82 bits per heavy atom. The highest BCUT2D eigenvalue weighted by molar-refractivity contribution is 9.10. The first-order chi connectivity index (χ1) is 10.7. The van der Waals surface area contributed by atoms with Crippen LogP contribution in [0.5, 0.6) is 0 Å². The highest BCUT2D eigenvalue weighted by Crippen LogP contribution is 2.21. The Morgan fingerprint density at radius 3 is 2.50 bits per heavy atom. The minimum atomic E-state index is 0.541. The van der Waals surface area contributed by atoms with Gasteiger partial charge in [0.1, 0.15) is 0 Å². The lowest BCUT2D eigenvalue weighted by atomic mass is 10.0. The van der Waals surface area contributed by atoms with Gasteiger partial charge in [0.15, 0.2) is 0 Å². The fourth-order valence-electron chi connectivity index (χ4n) is 2.90. The topological polar surface area (TPSA) is 15.3 Å². The van der Waals surface area contributed by atoms with Crippen molar-refractivity contribution in [2.75, 3.05) is 18.4 Å². The zero-order valence-corrected chi connectivity index (χ0v) is 14.8. The van der Waals surface area contributed by atoms with E-state index in [-0.39, 0.29) is 0 Å². The van der Waals surface area contributed by atoms with Gasteiger partial charge in [-0.05, 0) is 48.7 Å². The summed E-state index contributed by atoms with van der Waals surface area (Å²) in [6.07, 6.45) is 2.34. The van der Waals surface area contributed by atoms with E-state index in [0.29, 0.717) is 6.04 Å². The smallest absolute Gasteiger partial charge is 0.0426 e. The third-order valence-electron chi connectivity index (χ3n) is 4.10. The van der Waals surface area contributed by atoms with E-state index in [1.165, 1.54) is 18.4 Å². The number of anilines is 1. The van der Waals surface area contributed by atoms with Crippen molar-refractivity contribution < 1.29 is 0 Å². The molecule has 1 heterocycles. The summed E-state index contributed by atoms with van der Waals surface area (Å²) in [6, 6.07) is 17.1. The fourth-order valence-corrected chi connectivity index (χ4v) is 3.35. The number of rotatable bonds is 4. The largest absolute Gasteiger partial charge is 0.382 e. The molecule has 0 aromatic heterocycles. The lowest BCUT2D eigenvalue weighted by Crippen LogP contribution is -2.38. The Bertz CT molecular complexity index is 607. The van der Waals surface area contributed by atoms with Gasteiger partial charge in [-0.1, -0.05) is 45.7 Å². The van der Waals surface area contributed by atoms with Crippen LogP contribution >= 0.6 is 27.5 Å². The van der Waals surface area contributed by atoms with E-state index in [9.17, 15) is 0 Å². The van der Waals surface area contributed by atoms with Crippen LogP contribution in [0.25, 0.3) is 0 Å². The van der Waals surface area contributed by atoms with E-state index in [1.807, 2.05) is 18.2 Å². The number of nitrogens with one attached hydrogen (secondary N) is 1. The second-order valence-corrected chi connectivity index (χ2v) is 7.18. The van der Waals surface area contributed by atoms with Crippen LogP contribution in [-0.2, 0) is 6.54 Å². The van der Waals surface area contributed by atoms with Crippen LogP contribution in [0.3, 0.4) is 0 Å². The van der Waals surface area contributed by atoms with Gasteiger partial charge in [-0.2, -0.15) is 0 Å². The average Bonchev–Trinajstić information content (AvgIpc) is 2.52. The molecule has 0 saturated carbocycles. The molecule has 1 saturated heterocycles. The molecule has 2 nitrogen and oxygen atoms in total. The molecule has 1 aliphatic heterocycles. The minimum absolute atomic E-state index is 0.541. The Balaban J connectivity index is 1.49. The monoisotopic (exact) mass is 378 g/mol. The quantitative estimate of drug-likeness (QED) is 0.787. The molecule has 4 heteroatoms. The normalized spacial score (nSPS) is 16.6. The minimum Gasteiger partial charge on any atom is -0.382 e. The van der Waals surface area contributed by atoms with Gasteiger partial charge < -0.3 is 5.32 Å². The number of likely N-dealkylation sites (tertiary alicyclic amines) is 1. The number of piperidine rings is 1. The predicted octanol–water partition coefficient (Wildman–Crippen LogP) is 5.18. The molecule has 0 spiro atoms. The maximum atomic E-state index is 6.04.